The van der Waals surface area contributed by atoms with Crippen LogP contribution in [0.25, 0.3) is 0 Å². The average Bonchev–Trinajstić information content (AvgIpc) is 3.55. The van der Waals surface area contributed by atoms with E-state index in [1.165, 1.54) is 24.1 Å². The number of carbonyl (C=O) groups is 1. The zero-order valence-corrected chi connectivity index (χ0v) is 27.0. The molecular formula is C30H33ClF8N6O4. The highest BCUT2D eigenvalue weighted by Crippen LogP contribution is 2.46. The average molecular weight is 729 g/mol. The van der Waals surface area contributed by atoms with Crippen LogP contribution in [-0.4, -0.2) is 50.7 Å². The largest absolute Gasteiger partial charge is 0.586 e. The van der Waals surface area contributed by atoms with Gasteiger partial charge in [0.05, 0.1) is 18.2 Å². The number of fused-ring (bicyclic) bond motifs is 1. The minimum Gasteiger partial charge on any atom is -0.481 e. The second-order valence-corrected chi connectivity index (χ2v) is 12.0. The number of benzene rings is 2. The number of carboxylic acids is 1. The lowest BCUT2D eigenvalue weighted by Crippen LogP contribution is -2.33. The molecule has 270 valence electrons. The lowest BCUT2D eigenvalue weighted by atomic mass is 9.80. The summed E-state index contributed by atoms with van der Waals surface area (Å²) in [4.78, 5) is 15.4. The first-order chi connectivity index (χ1) is 22.4. The van der Waals surface area contributed by atoms with Crippen molar-refractivity contribution in [1.29, 1.82) is 0 Å². The molecule has 0 saturated heterocycles. The Kier molecular flexibility index (Phi) is 11.1. The van der Waals surface area contributed by atoms with Gasteiger partial charge in [-0.1, -0.05) is 5.10 Å². The van der Waals surface area contributed by atoms with Gasteiger partial charge in [0.15, 0.2) is 11.5 Å². The summed E-state index contributed by atoms with van der Waals surface area (Å²) in [5.74, 6) is -1.37. The lowest BCUT2D eigenvalue weighted by molar-refractivity contribution is -0.286. The van der Waals surface area contributed by atoms with Gasteiger partial charge in [-0.2, -0.15) is 31.1 Å². The summed E-state index contributed by atoms with van der Waals surface area (Å²) in [7, 11) is 1.42. The van der Waals surface area contributed by atoms with E-state index in [2.05, 4.69) is 20.1 Å². The minimum atomic E-state index is -5.07. The van der Waals surface area contributed by atoms with Gasteiger partial charge in [-0.3, -0.25) is 4.79 Å². The van der Waals surface area contributed by atoms with Crippen LogP contribution < -0.4 is 19.3 Å². The maximum absolute atomic E-state index is 14.1. The minimum absolute atomic E-state index is 0. The molecule has 2 aliphatic rings. The van der Waals surface area contributed by atoms with E-state index in [4.69, 9.17) is 9.84 Å². The number of tetrazole rings is 1. The third-order valence-electron chi connectivity index (χ3n) is 8.40. The second kappa shape index (κ2) is 14.4. The van der Waals surface area contributed by atoms with Crippen molar-refractivity contribution in [2.24, 2.45) is 18.9 Å². The molecule has 10 nitrogen and oxygen atoms in total. The van der Waals surface area contributed by atoms with Gasteiger partial charge >= 0.3 is 24.6 Å². The molecule has 1 aliphatic carbocycles. The fourth-order valence-corrected chi connectivity index (χ4v) is 6.16. The number of hydrogen-bond acceptors (Lipinski definition) is 8. The molecule has 0 spiro atoms. The summed E-state index contributed by atoms with van der Waals surface area (Å²) in [6.45, 7) is 1.89. The summed E-state index contributed by atoms with van der Waals surface area (Å²) in [5.41, 5.74) is -2.61. The maximum atomic E-state index is 14.1. The summed E-state index contributed by atoms with van der Waals surface area (Å²) >= 11 is 0. The van der Waals surface area contributed by atoms with Gasteiger partial charge in [-0.05, 0) is 85.0 Å². The highest BCUT2D eigenvalue weighted by atomic mass is 35.5. The molecule has 2 heterocycles. The summed E-state index contributed by atoms with van der Waals surface area (Å²) in [6, 6.07) is 3.87. The Labute approximate surface area is 281 Å². The number of ether oxygens (including phenoxy) is 2. The zero-order chi connectivity index (χ0) is 35.0. The van der Waals surface area contributed by atoms with E-state index in [0.717, 1.165) is 17.6 Å². The van der Waals surface area contributed by atoms with E-state index in [-0.39, 0.29) is 66.3 Å². The molecule has 19 heteroatoms. The number of anilines is 2. The Morgan fingerprint density at radius 2 is 1.49 bits per heavy atom. The normalized spacial score (nSPS) is 18.6. The number of alkyl halides is 8. The summed E-state index contributed by atoms with van der Waals surface area (Å²) in [5, 5.41) is 20.9. The molecular weight excluding hydrogens is 696 g/mol. The van der Waals surface area contributed by atoms with Crippen LogP contribution in [-0.2, 0) is 37.3 Å². The van der Waals surface area contributed by atoms with Crippen LogP contribution in [0, 0.1) is 11.8 Å². The van der Waals surface area contributed by atoms with Crippen molar-refractivity contribution in [2.45, 2.75) is 70.8 Å². The van der Waals surface area contributed by atoms with Crippen molar-refractivity contribution >= 4 is 30.0 Å². The highest BCUT2D eigenvalue weighted by molar-refractivity contribution is 5.85. The van der Waals surface area contributed by atoms with E-state index in [1.54, 1.807) is 0 Å². The molecule has 2 aromatic carbocycles. The number of halogens is 9. The molecule has 1 N–H and O–H groups in total. The molecule has 1 aromatic heterocycles. The molecule has 3 aromatic rings. The smallest absolute Gasteiger partial charge is 0.481 e. The van der Waals surface area contributed by atoms with Gasteiger partial charge in [0.2, 0.25) is 0 Å². The quantitative estimate of drug-likeness (QED) is 0.204. The third kappa shape index (κ3) is 9.33. The topological polar surface area (TPSA) is 106 Å². The summed E-state index contributed by atoms with van der Waals surface area (Å²) < 4.78 is 120. The number of rotatable bonds is 11. The van der Waals surface area contributed by atoms with Crippen molar-refractivity contribution < 1.29 is 54.5 Å². The van der Waals surface area contributed by atoms with Gasteiger partial charge in [0.1, 0.15) is 0 Å². The second-order valence-electron chi connectivity index (χ2n) is 12.0. The van der Waals surface area contributed by atoms with Crippen molar-refractivity contribution in [3.8, 4) is 11.5 Å². The van der Waals surface area contributed by atoms with Gasteiger partial charge in [-0.25, -0.2) is 0 Å². The number of hydrogen-bond donors (Lipinski definition) is 1. The Morgan fingerprint density at radius 1 is 0.918 bits per heavy atom. The van der Waals surface area contributed by atoms with Gasteiger partial charge < -0.3 is 24.4 Å². The molecule has 1 fully saturated rings. The number of aryl methyl sites for hydroxylation is 1. The number of aliphatic carboxylic acids is 1. The van der Waals surface area contributed by atoms with Crippen molar-refractivity contribution in [3.63, 3.8) is 0 Å². The SMILES string of the molecule is CCN(C[C@H]1CC[C@H](CC(=O)O)CC1)c1cc2c(cc1CN(Cc1cc(C(F)(F)F)cc(C(F)(F)F)c1)c1nnn(C)n1)OC(F)(F)O2.Cl. The molecule has 0 amide bonds. The molecule has 0 bridgehead atoms. The monoisotopic (exact) mass is 728 g/mol. The molecule has 0 radical (unpaired) electrons. The van der Waals surface area contributed by atoms with Crippen LogP contribution in [0.1, 0.15) is 61.3 Å². The molecule has 1 aliphatic heterocycles. The van der Waals surface area contributed by atoms with Gasteiger partial charge in [0, 0.05) is 44.4 Å². The van der Waals surface area contributed by atoms with Gasteiger partial charge in [0.25, 0.3) is 5.95 Å². The van der Waals surface area contributed by atoms with E-state index in [0.29, 0.717) is 49.3 Å². The Bertz CT molecular complexity index is 1600. The Balaban J connectivity index is 0.00000541. The molecule has 0 atom stereocenters. The fraction of sp³-hybridized carbons (Fsp3) is 0.533. The van der Waals surface area contributed by atoms with E-state index in [1.807, 2.05) is 11.8 Å². The van der Waals surface area contributed by atoms with Crippen LogP contribution in [0.15, 0.2) is 30.3 Å². The van der Waals surface area contributed by atoms with Crippen LogP contribution in [0.2, 0.25) is 0 Å². The number of nitrogens with zero attached hydrogens (tertiary/aromatic N) is 6. The predicted octanol–water partition coefficient (Wildman–Crippen LogP) is 7.31. The van der Waals surface area contributed by atoms with Crippen molar-refractivity contribution in [2.75, 3.05) is 22.9 Å². The van der Waals surface area contributed by atoms with Crippen molar-refractivity contribution in [3.05, 3.63) is 52.6 Å². The van der Waals surface area contributed by atoms with E-state index >= 15 is 0 Å². The number of carboxylic acid groups (broad SMARTS) is 1. The van der Waals surface area contributed by atoms with Crippen LogP contribution in [0.5, 0.6) is 11.5 Å². The fourth-order valence-electron chi connectivity index (χ4n) is 6.16. The Hall–Kier alpha value is -4.09. The number of aromatic nitrogens is 4. The Morgan fingerprint density at radius 3 is 2.00 bits per heavy atom. The maximum Gasteiger partial charge on any atom is 0.586 e. The van der Waals surface area contributed by atoms with E-state index < -0.39 is 42.3 Å². The van der Waals surface area contributed by atoms with Gasteiger partial charge in [-0.15, -0.1) is 26.3 Å². The molecule has 5 rings (SSSR count). The predicted molar refractivity (Wildman–Crippen MR) is 161 cm³/mol. The lowest BCUT2D eigenvalue weighted by Gasteiger charge is -2.34. The van der Waals surface area contributed by atoms with Crippen LogP contribution >= 0.6 is 12.4 Å². The standard InChI is InChI=1S/C30H32F8N6O4.ClH/c1-3-43(14-18-6-4-17(5-7-18)10-26(45)46)23-13-25-24(47-30(37,38)48-25)11-20(23)16-44(27-39-41-42(2)40-27)15-19-8-21(28(31,32)33)12-22(9-19)29(34,35)36;/h8-9,11-13,17-18H,3-7,10,14-16H2,1-2H3,(H,45,46);1H/t17-,18-;. The van der Waals surface area contributed by atoms with Crippen LogP contribution in [0.4, 0.5) is 46.8 Å². The molecule has 1 saturated carbocycles. The third-order valence-corrected chi connectivity index (χ3v) is 8.40. The first kappa shape index (κ1) is 37.7. The summed E-state index contributed by atoms with van der Waals surface area (Å²) in [6.07, 6.45) is -11.2. The first-order valence-corrected chi connectivity index (χ1v) is 15.1. The highest BCUT2D eigenvalue weighted by Gasteiger charge is 2.44. The van der Waals surface area contributed by atoms with Crippen LogP contribution in [0.3, 0.4) is 0 Å². The van der Waals surface area contributed by atoms with Crippen molar-refractivity contribution in [1.82, 2.24) is 20.2 Å². The molecule has 0 unspecified atom stereocenters. The first-order valence-electron chi connectivity index (χ1n) is 15.1. The molecule has 49 heavy (non-hydrogen) atoms. The van der Waals surface area contributed by atoms with E-state index in [9.17, 15) is 39.9 Å². The zero-order valence-electron chi connectivity index (χ0n) is 26.2.